The smallest absolute Gasteiger partial charge is 0.0682 e. The van der Waals surface area contributed by atoms with E-state index >= 15 is 0 Å². The van der Waals surface area contributed by atoms with Gasteiger partial charge in [-0.3, -0.25) is 0 Å². The molecule has 0 saturated carbocycles. The first-order chi connectivity index (χ1) is 5.27. The van der Waals surface area contributed by atoms with E-state index < -0.39 is 0 Å². The molecule has 0 atom stereocenters. The van der Waals surface area contributed by atoms with Gasteiger partial charge in [-0.15, -0.1) is 0 Å². The SMILES string of the molecule is OCC1=C(CO)CCC(Cl)=C1. The summed E-state index contributed by atoms with van der Waals surface area (Å²) >= 11 is 5.75. The van der Waals surface area contributed by atoms with E-state index in [1.54, 1.807) is 6.08 Å². The van der Waals surface area contributed by atoms with Crippen LogP contribution in [0.15, 0.2) is 22.3 Å². The highest BCUT2D eigenvalue weighted by molar-refractivity contribution is 6.29. The molecule has 11 heavy (non-hydrogen) atoms. The fourth-order valence-corrected chi connectivity index (χ4v) is 1.36. The summed E-state index contributed by atoms with van der Waals surface area (Å²) in [5.74, 6) is 0. The average Bonchev–Trinajstić information content (AvgIpc) is 2.04. The fraction of sp³-hybridized carbons (Fsp3) is 0.500. The Balaban J connectivity index is 2.83. The minimum absolute atomic E-state index is 0.0244. The van der Waals surface area contributed by atoms with E-state index in [4.69, 9.17) is 21.8 Å². The van der Waals surface area contributed by atoms with Gasteiger partial charge in [-0.1, -0.05) is 11.6 Å². The van der Waals surface area contributed by atoms with Gasteiger partial charge in [-0.2, -0.15) is 0 Å². The number of aliphatic hydroxyl groups is 2. The molecular formula is C8H11ClO2. The van der Waals surface area contributed by atoms with Crippen molar-refractivity contribution in [2.24, 2.45) is 0 Å². The van der Waals surface area contributed by atoms with Gasteiger partial charge in [0, 0.05) is 5.03 Å². The lowest BCUT2D eigenvalue weighted by atomic mass is 9.99. The molecule has 1 rings (SSSR count). The van der Waals surface area contributed by atoms with Crippen LogP contribution >= 0.6 is 11.6 Å². The minimum atomic E-state index is -0.0356. The Morgan fingerprint density at radius 3 is 2.55 bits per heavy atom. The minimum Gasteiger partial charge on any atom is -0.392 e. The van der Waals surface area contributed by atoms with Crippen molar-refractivity contribution in [2.75, 3.05) is 13.2 Å². The largest absolute Gasteiger partial charge is 0.392 e. The van der Waals surface area contributed by atoms with Crippen LogP contribution < -0.4 is 0 Å². The summed E-state index contributed by atoms with van der Waals surface area (Å²) in [5, 5.41) is 18.4. The van der Waals surface area contributed by atoms with Crippen molar-refractivity contribution >= 4 is 11.6 Å². The Kier molecular flexibility index (Phi) is 3.12. The predicted molar refractivity (Wildman–Crippen MR) is 44.4 cm³/mol. The molecule has 1 aliphatic rings. The topological polar surface area (TPSA) is 40.5 Å². The van der Waals surface area contributed by atoms with Gasteiger partial charge in [0.05, 0.1) is 13.2 Å². The van der Waals surface area contributed by atoms with E-state index in [1.807, 2.05) is 0 Å². The summed E-state index contributed by atoms with van der Waals surface area (Å²) in [6.45, 7) is -0.0112. The van der Waals surface area contributed by atoms with Gasteiger partial charge in [-0.05, 0) is 30.1 Å². The molecule has 2 N–H and O–H groups in total. The van der Waals surface area contributed by atoms with Gasteiger partial charge in [0.25, 0.3) is 0 Å². The van der Waals surface area contributed by atoms with Gasteiger partial charge >= 0.3 is 0 Å². The van der Waals surface area contributed by atoms with Crippen LogP contribution in [0.1, 0.15) is 12.8 Å². The summed E-state index contributed by atoms with van der Waals surface area (Å²) in [5.41, 5.74) is 1.67. The van der Waals surface area contributed by atoms with Crippen molar-refractivity contribution in [3.63, 3.8) is 0 Å². The average molecular weight is 175 g/mol. The second-order valence-corrected chi connectivity index (χ2v) is 3.02. The van der Waals surface area contributed by atoms with Gasteiger partial charge < -0.3 is 10.2 Å². The zero-order chi connectivity index (χ0) is 8.27. The van der Waals surface area contributed by atoms with E-state index in [-0.39, 0.29) is 13.2 Å². The molecule has 0 amide bonds. The van der Waals surface area contributed by atoms with Crippen LogP contribution in [0.25, 0.3) is 0 Å². The fourth-order valence-electron chi connectivity index (χ4n) is 1.13. The summed E-state index contributed by atoms with van der Waals surface area (Å²) < 4.78 is 0. The highest BCUT2D eigenvalue weighted by Gasteiger charge is 2.10. The van der Waals surface area contributed by atoms with Crippen molar-refractivity contribution in [1.82, 2.24) is 0 Å². The van der Waals surface area contributed by atoms with Crippen LogP contribution in [0.3, 0.4) is 0 Å². The zero-order valence-electron chi connectivity index (χ0n) is 6.18. The molecule has 62 valence electrons. The van der Waals surface area contributed by atoms with Crippen molar-refractivity contribution < 1.29 is 10.2 Å². The Labute approximate surface area is 70.8 Å². The third kappa shape index (κ3) is 2.06. The number of hydrogen-bond donors (Lipinski definition) is 2. The molecule has 0 radical (unpaired) electrons. The Morgan fingerprint density at radius 1 is 1.27 bits per heavy atom. The summed E-state index contributed by atoms with van der Waals surface area (Å²) in [6.07, 6.45) is 3.28. The number of halogens is 1. The lowest BCUT2D eigenvalue weighted by Gasteiger charge is -2.13. The molecule has 0 bridgehead atoms. The van der Waals surface area contributed by atoms with Crippen LogP contribution in [0.4, 0.5) is 0 Å². The molecule has 0 heterocycles. The van der Waals surface area contributed by atoms with Crippen LogP contribution in [-0.2, 0) is 0 Å². The van der Waals surface area contributed by atoms with Gasteiger partial charge in [-0.25, -0.2) is 0 Å². The maximum atomic E-state index is 8.84. The molecule has 0 aromatic carbocycles. The van der Waals surface area contributed by atoms with Crippen LogP contribution in [0.5, 0.6) is 0 Å². The molecule has 0 spiro atoms. The highest BCUT2D eigenvalue weighted by Crippen LogP contribution is 2.25. The summed E-state index contributed by atoms with van der Waals surface area (Å²) in [6, 6.07) is 0. The highest BCUT2D eigenvalue weighted by atomic mass is 35.5. The molecule has 2 nitrogen and oxygen atoms in total. The zero-order valence-corrected chi connectivity index (χ0v) is 6.93. The Bertz CT molecular complexity index is 206. The third-order valence-corrected chi connectivity index (χ3v) is 2.11. The molecule has 1 aliphatic carbocycles. The molecular weight excluding hydrogens is 164 g/mol. The molecule has 0 saturated heterocycles. The molecule has 0 aromatic heterocycles. The first-order valence-electron chi connectivity index (χ1n) is 3.56. The number of hydrogen-bond acceptors (Lipinski definition) is 2. The summed E-state index contributed by atoms with van der Waals surface area (Å²) in [4.78, 5) is 0. The van der Waals surface area contributed by atoms with Crippen molar-refractivity contribution in [1.29, 1.82) is 0 Å². The molecule has 3 heteroatoms. The Morgan fingerprint density at radius 2 is 2.00 bits per heavy atom. The molecule has 0 aliphatic heterocycles. The lowest BCUT2D eigenvalue weighted by Crippen LogP contribution is -2.04. The summed E-state index contributed by atoms with van der Waals surface area (Å²) in [7, 11) is 0. The molecule has 0 aromatic rings. The van der Waals surface area contributed by atoms with E-state index in [2.05, 4.69) is 0 Å². The third-order valence-electron chi connectivity index (χ3n) is 1.81. The van der Waals surface area contributed by atoms with Crippen LogP contribution in [-0.4, -0.2) is 23.4 Å². The Hall–Kier alpha value is -0.310. The molecule has 0 unspecified atom stereocenters. The van der Waals surface area contributed by atoms with Crippen LogP contribution in [0, 0.1) is 0 Å². The van der Waals surface area contributed by atoms with Gasteiger partial charge in [0.2, 0.25) is 0 Å². The second-order valence-electron chi connectivity index (χ2n) is 2.54. The number of allylic oxidation sites excluding steroid dienone is 1. The first kappa shape index (κ1) is 8.78. The van der Waals surface area contributed by atoms with Crippen molar-refractivity contribution in [2.45, 2.75) is 12.8 Å². The maximum Gasteiger partial charge on any atom is 0.0682 e. The predicted octanol–water partition coefficient (Wildman–Crippen LogP) is 1.18. The van der Waals surface area contributed by atoms with E-state index in [9.17, 15) is 0 Å². The first-order valence-corrected chi connectivity index (χ1v) is 3.94. The number of aliphatic hydroxyl groups excluding tert-OH is 2. The van der Waals surface area contributed by atoms with Gasteiger partial charge in [0.15, 0.2) is 0 Å². The van der Waals surface area contributed by atoms with Crippen molar-refractivity contribution in [3.8, 4) is 0 Å². The van der Waals surface area contributed by atoms with Gasteiger partial charge in [0.1, 0.15) is 0 Å². The quantitative estimate of drug-likeness (QED) is 0.660. The number of rotatable bonds is 2. The van der Waals surface area contributed by atoms with E-state index in [0.29, 0.717) is 0 Å². The second kappa shape index (κ2) is 3.90. The van der Waals surface area contributed by atoms with Crippen LogP contribution in [0.2, 0.25) is 0 Å². The monoisotopic (exact) mass is 174 g/mol. The lowest BCUT2D eigenvalue weighted by molar-refractivity contribution is 0.309. The van der Waals surface area contributed by atoms with E-state index in [0.717, 1.165) is 29.0 Å². The normalized spacial score (nSPS) is 18.6. The van der Waals surface area contributed by atoms with E-state index in [1.165, 1.54) is 0 Å². The maximum absolute atomic E-state index is 8.84. The van der Waals surface area contributed by atoms with Crippen molar-refractivity contribution in [3.05, 3.63) is 22.3 Å². The standard InChI is InChI=1S/C8H11ClO2/c9-8-2-1-6(4-10)7(3-8)5-11/h3,10-11H,1-2,4-5H2. The molecule has 0 fully saturated rings.